The van der Waals surface area contributed by atoms with Gasteiger partial charge >= 0.3 is 0 Å². The number of benzene rings is 2. The predicted molar refractivity (Wildman–Crippen MR) is 113 cm³/mol. The van der Waals surface area contributed by atoms with E-state index >= 15 is 0 Å². The summed E-state index contributed by atoms with van der Waals surface area (Å²) in [4.78, 5) is 20.1. The number of halogens is 1. The van der Waals surface area contributed by atoms with Crippen molar-refractivity contribution in [3.63, 3.8) is 0 Å². The maximum absolute atomic E-state index is 13.5. The zero-order valence-corrected chi connectivity index (χ0v) is 16.2. The molecule has 0 aliphatic carbocycles. The van der Waals surface area contributed by atoms with Gasteiger partial charge in [0.2, 0.25) is 11.8 Å². The lowest BCUT2D eigenvalue weighted by Crippen LogP contribution is -2.12. The van der Waals surface area contributed by atoms with E-state index < -0.39 is 11.7 Å². The number of carbonyl (C=O) groups is 1. The van der Waals surface area contributed by atoms with Crippen molar-refractivity contribution in [3.05, 3.63) is 90.0 Å². The molecule has 0 aliphatic rings. The molecule has 1 amide bonds. The molecule has 150 valence electrons. The lowest BCUT2D eigenvalue weighted by molar-refractivity contribution is 0.100. The minimum Gasteiger partial charge on any atom is -0.438 e. The Morgan fingerprint density at radius 3 is 2.50 bits per heavy atom. The van der Waals surface area contributed by atoms with E-state index in [1.807, 2.05) is 31.2 Å². The van der Waals surface area contributed by atoms with Crippen molar-refractivity contribution in [2.75, 3.05) is 5.32 Å². The van der Waals surface area contributed by atoms with Crippen LogP contribution in [-0.4, -0.2) is 15.9 Å². The van der Waals surface area contributed by atoms with Crippen molar-refractivity contribution in [2.45, 2.75) is 13.0 Å². The Bertz CT molecular complexity index is 1210. The number of amides is 1. The van der Waals surface area contributed by atoms with Gasteiger partial charge in [0.05, 0.1) is 5.39 Å². The first-order valence-electron chi connectivity index (χ1n) is 9.35. The topological polar surface area (TPSA) is 90.1 Å². The smallest absolute Gasteiger partial charge is 0.248 e. The molecule has 0 unspecified atom stereocenters. The van der Waals surface area contributed by atoms with Crippen molar-refractivity contribution in [1.29, 1.82) is 0 Å². The van der Waals surface area contributed by atoms with E-state index in [2.05, 4.69) is 15.3 Å². The second kappa shape index (κ2) is 8.16. The van der Waals surface area contributed by atoms with Crippen LogP contribution in [0.25, 0.3) is 10.8 Å². The van der Waals surface area contributed by atoms with Crippen LogP contribution in [0.5, 0.6) is 11.6 Å². The quantitative estimate of drug-likeness (QED) is 0.482. The SMILES string of the molecule is C[C@H](Nc1nccc2ccnc(Oc3cccc(F)c3)c12)c1ccc(C(N)=O)cc1. The summed E-state index contributed by atoms with van der Waals surface area (Å²) in [5.41, 5.74) is 6.71. The third kappa shape index (κ3) is 4.05. The lowest BCUT2D eigenvalue weighted by atomic mass is 10.1. The molecule has 0 saturated heterocycles. The van der Waals surface area contributed by atoms with Crippen molar-refractivity contribution < 1.29 is 13.9 Å². The number of aromatic nitrogens is 2. The Balaban J connectivity index is 1.67. The number of fused-ring (bicyclic) bond motifs is 1. The van der Waals surface area contributed by atoms with E-state index in [-0.39, 0.29) is 6.04 Å². The molecule has 0 spiro atoms. The lowest BCUT2D eigenvalue weighted by Gasteiger charge is -2.18. The molecule has 4 aromatic rings. The number of pyridine rings is 2. The number of ether oxygens (including phenoxy) is 1. The Kier molecular flexibility index (Phi) is 5.26. The van der Waals surface area contributed by atoms with Gasteiger partial charge in [0, 0.05) is 30.1 Å². The number of rotatable bonds is 6. The fourth-order valence-corrected chi connectivity index (χ4v) is 3.14. The van der Waals surface area contributed by atoms with Crippen molar-refractivity contribution in [3.8, 4) is 11.6 Å². The van der Waals surface area contributed by atoms with E-state index in [1.54, 1.807) is 36.7 Å². The van der Waals surface area contributed by atoms with Crippen molar-refractivity contribution >= 4 is 22.5 Å². The molecule has 0 saturated carbocycles. The van der Waals surface area contributed by atoms with E-state index in [0.717, 1.165) is 10.9 Å². The summed E-state index contributed by atoms with van der Waals surface area (Å²) in [5.74, 6) is 0.392. The second-order valence-electron chi connectivity index (χ2n) is 6.79. The summed E-state index contributed by atoms with van der Waals surface area (Å²) in [6, 6.07) is 16.5. The fraction of sp³-hybridized carbons (Fsp3) is 0.0870. The van der Waals surface area contributed by atoms with Gasteiger partial charge in [0.15, 0.2) is 0 Å². The van der Waals surface area contributed by atoms with Gasteiger partial charge in [0.1, 0.15) is 17.4 Å². The van der Waals surface area contributed by atoms with Crippen LogP contribution >= 0.6 is 0 Å². The zero-order valence-electron chi connectivity index (χ0n) is 16.2. The van der Waals surface area contributed by atoms with Gasteiger partial charge in [0.25, 0.3) is 0 Å². The number of primary amides is 1. The molecule has 30 heavy (non-hydrogen) atoms. The standard InChI is InChI=1S/C23H19FN4O2/c1-14(15-5-7-17(8-6-15)21(25)29)28-22-20-16(9-11-26-22)10-12-27-23(20)30-19-4-2-3-18(24)13-19/h2-14H,1H3,(H2,25,29)(H,26,28)/t14-/m0/s1. The first-order chi connectivity index (χ1) is 14.5. The molecular formula is C23H19FN4O2. The highest BCUT2D eigenvalue weighted by atomic mass is 19.1. The minimum atomic E-state index is -0.469. The van der Waals surface area contributed by atoms with Crippen LogP contribution in [0.15, 0.2) is 73.1 Å². The highest BCUT2D eigenvalue weighted by molar-refractivity contribution is 5.96. The summed E-state index contributed by atoms with van der Waals surface area (Å²) >= 11 is 0. The molecule has 6 nitrogen and oxygen atoms in total. The van der Waals surface area contributed by atoms with Crippen LogP contribution in [0, 0.1) is 5.82 Å². The van der Waals surface area contributed by atoms with E-state index in [0.29, 0.717) is 28.4 Å². The number of anilines is 1. The molecule has 0 radical (unpaired) electrons. The van der Waals surface area contributed by atoms with Crippen molar-refractivity contribution in [1.82, 2.24) is 9.97 Å². The molecule has 7 heteroatoms. The Morgan fingerprint density at radius 2 is 1.80 bits per heavy atom. The van der Waals surface area contributed by atoms with Crippen LogP contribution in [0.1, 0.15) is 28.9 Å². The highest BCUT2D eigenvalue weighted by Gasteiger charge is 2.15. The summed E-state index contributed by atoms with van der Waals surface area (Å²) in [6.07, 6.45) is 3.33. The molecule has 1 atom stereocenters. The van der Waals surface area contributed by atoms with Gasteiger partial charge in [-0.05, 0) is 54.3 Å². The number of nitrogens with one attached hydrogen (secondary N) is 1. The van der Waals surface area contributed by atoms with E-state index in [9.17, 15) is 9.18 Å². The van der Waals surface area contributed by atoms with Crippen LogP contribution < -0.4 is 15.8 Å². The molecule has 3 N–H and O–H groups in total. The maximum atomic E-state index is 13.5. The summed E-state index contributed by atoms with van der Waals surface area (Å²) in [7, 11) is 0. The molecule has 4 rings (SSSR count). The van der Waals surface area contributed by atoms with Gasteiger partial charge < -0.3 is 15.8 Å². The number of carbonyl (C=O) groups excluding carboxylic acids is 1. The van der Waals surface area contributed by atoms with Crippen LogP contribution in [0.4, 0.5) is 10.2 Å². The second-order valence-corrected chi connectivity index (χ2v) is 6.79. The largest absolute Gasteiger partial charge is 0.438 e. The molecular weight excluding hydrogens is 383 g/mol. The van der Waals surface area contributed by atoms with Gasteiger partial charge in [-0.25, -0.2) is 14.4 Å². The van der Waals surface area contributed by atoms with Crippen LogP contribution in [0.3, 0.4) is 0 Å². The van der Waals surface area contributed by atoms with Gasteiger partial charge in [-0.15, -0.1) is 0 Å². The normalized spacial score (nSPS) is 11.8. The monoisotopic (exact) mass is 402 g/mol. The highest BCUT2D eigenvalue weighted by Crippen LogP contribution is 2.33. The minimum absolute atomic E-state index is 0.118. The van der Waals surface area contributed by atoms with E-state index in [1.165, 1.54) is 12.1 Å². The summed E-state index contributed by atoms with van der Waals surface area (Å²) < 4.78 is 19.4. The van der Waals surface area contributed by atoms with Crippen LogP contribution in [-0.2, 0) is 0 Å². The van der Waals surface area contributed by atoms with Gasteiger partial charge in [-0.2, -0.15) is 0 Å². The average molecular weight is 402 g/mol. The molecule has 0 bridgehead atoms. The number of hydrogen-bond acceptors (Lipinski definition) is 5. The van der Waals surface area contributed by atoms with Gasteiger partial charge in [-0.1, -0.05) is 18.2 Å². The number of nitrogens with two attached hydrogens (primary N) is 1. The molecule has 2 heterocycles. The third-order valence-electron chi connectivity index (χ3n) is 4.70. The first-order valence-corrected chi connectivity index (χ1v) is 9.35. The Labute approximate surface area is 172 Å². The predicted octanol–water partition coefficient (Wildman–Crippen LogP) is 4.83. The average Bonchev–Trinajstić information content (AvgIpc) is 2.74. The fourth-order valence-electron chi connectivity index (χ4n) is 3.14. The molecule has 2 aromatic heterocycles. The first kappa shape index (κ1) is 19.3. The third-order valence-corrected chi connectivity index (χ3v) is 4.70. The summed E-state index contributed by atoms with van der Waals surface area (Å²) in [5, 5.41) is 4.93. The van der Waals surface area contributed by atoms with E-state index in [4.69, 9.17) is 10.5 Å². The maximum Gasteiger partial charge on any atom is 0.248 e. The Hall–Kier alpha value is -4.00. The number of nitrogens with zero attached hydrogens (tertiary/aromatic N) is 2. The van der Waals surface area contributed by atoms with Gasteiger partial charge in [-0.3, -0.25) is 4.79 Å². The van der Waals surface area contributed by atoms with Crippen molar-refractivity contribution in [2.24, 2.45) is 5.73 Å². The summed E-state index contributed by atoms with van der Waals surface area (Å²) in [6.45, 7) is 1.98. The molecule has 0 aliphatic heterocycles. The number of hydrogen-bond donors (Lipinski definition) is 2. The Morgan fingerprint density at radius 1 is 1.07 bits per heavy atom. The zero-order chi connectivity index (χ0) is 21.1. The van der Waals surface area contributed by atoms with Crippen LogP contribution in [0.2, 0.25) is 0 Å². The molecule has 0 fully saturated rings. The molecule has 2 aromatic carbocycles.